The quantitative estimate of drug-likeness (QED) is 0.694. The van der Waals surface area contributed by atoms with Gasteiger partial charge in [-0.15, -0.1) is 0 Å². The van der Waals surface area contributed by atoms with Gasteiger partial charge < -0.3 is 14.2 Å². The minimum Gasteiger partial charge on any atom is -0.464 e. The third kappa shape index (κ3) is 4.54. The summed E-state index contributed by atoms with van der Waals surface area (Å²) in [4.78, 5) is 4.66. The molecule has 0 aromatic heterocycles. The molecular weight excluding hydrogens is 268 g/mol. The lowest BCUT2D eigenvalue weighted by atomic mass is 10.2. The van der Waals surface area contributed by atoms with Crippen LogP contribution in [0.3, 0.4) is 0 Å². The van der Waals surface area contributed by atoms with Gasteiger partial charge in [0, 0.05) is 26.2 Å². The van der Waals surface area contributed by atoms with Gasteiger partial charge in [0.05, 0.1) is 38.5 Å². The van der Waals surface area contributed by atoms with Crippen molar-refractivity contribution >= 4 is 0 Å². The van der Waals surface area contributed by atoms with Crippen molar-refractivity contribution in [2.45, 2.75) is 25.9 Å². The van der Waals surface area contributed by atoms with Crippen LogP contribution in [0, 0.1) is 0 Å². The molecule has 0 saturated carbocycles. The zero-order chi connectivity index (χ0) is 15.2. The summed E-state index contributed by atoms with van der Waals surface area (Å²) in [7, 11) is 0. The second-order valence-corrected chi connectivity index (χ2v) is 5.68. The molecule has 2 saturated heterocycles. The van der Waals surface area contributed by atoms with Crippen LogP contribution in [0.1, 0.15) is 13.8 Å². The summed E-state index contributed by atoms with van der Waals surface area (Å²) < 4.78 is 16.7. The minimum atomic E-state index is 0.183. The molecule has 2 fully saturated rings. The van der Waals surface area contributed by atoms with Crippen molar-refractivity contribution in [1.29, 1.82) is 0 Å². The molecule has 2 unspecified atom stereocenters. The van der Waals surface area contributed by atoms with Crippen LogP contribution in [0.15, 0.2) is 24.7 Å². The maximum Gasteiger partial charge on any atom is 0.113 e. The van der Waals surface area contributed by atoms with Gasteiger partial charge in [-0.3, -0.25) is 9.80 Å². The third-order valence-corrected chi connectivity index (χ3v) is 4.38. The maximum absolute atomic E-state index is 5.93. The SMILES string of the molecule is C=C(OC(=C)C(C)N1CCOCC1)C(C)N1CCOCC1. The lowest BCUT2D eigenvalue weighted by Crippen LogP contribution is -2.45. The highest BCUT2D eigenvalue weighted by Gasteiger charge is 2.24. The van der Waals surface area contributed by atoms with E-state index in [1.54, 1.807) is 0 Å². The highest BCUT2D eigenvalue weighted by atomic mass is 16.5. The Hall–Kier alpha value is -0.880. The number of nitrogens with zero attached hydrogens (tertiary/aromatic N) is 2. The summed E-state index contributed by atoms with van der Waals surface area (Å²) in [5.74, 6) is 1.53. The average molecular weight is 296 g/mol. The van der Waals surface area contributed by atoms with E-state index in [2.05, 4.69) is 36.8 Å². The molecule has 5 nitrogen and oxygen atoms in total. The molecule has 0 bridgehead atoms. The molecule has 0 amide bonds. The predicted molar refractivity (Wildman–Crippen MR) is 83.1 cm³/mol. The van der Waals surface area contributed by atoms with Crippen molar-refractivity contribution in [2.24, 2.45) is 0 Å². The van der Waals surface area contributed by atoms with E-state index in [1.807, 2.05) is 0 Å². The largest absolute Gasteiger partial charge is 0.464 e. The molecule has 21 heavy (non-hydrogen) atoms. The summed E-state index contributed by atoms with van der Waals surface area (Å²) in [5, 5.41) is 0. The van der Waals surface area contributed by atoms with Crippen molar-refractivity contribution in [3.63, 3.8) is 0 Å². The Morgan fingerprint density at radius 2 is 1.14 bits per heavy atom. The van der Waals surface area contributed by atoms with Crippen molar-refractivity contribution in [3.8, 4) is 0 Å². The number of rotatable bonds is 6. The highest BCUT2D eigenvalue weighted by molar-refractivity contribution is 5.05. The Labute approximate surface area is 128 Å². The second-order valence-electron chi connectivity index (χ2n) is 5.68. The molecule has 2 heterocycles. The van der Waals surface area contributed by atoms with E-state index in [1.165, 1.54) is 0 Å². The van der Waals surface area contributed by atoms with Crippen molar-refractivity contribution in [1.82, 2.24) is 9.80 Å². The Kier molecular flexibility index (Phi) is 6.23. The molecule has 5 heteroatoms. The number of hydrogen-bond donors (Lipinski definition) is 0. The van der Waals surface area contributed by atoms with Gasteiger partial charge in [0.25, 0.3) is 0 Å². The van der Waals surface area contributed by atoms with Crippen LogP contribution in [0.25, 0.3) is 0 Å². The second kappa shape index (κ2) is 7.94. The van der Waals surface area contributed by atoms with Gasteiger partial charge >= 0.3 is 0 Å². The minimum absolute atomic E-state index is 0.183. The summed E-state index contributed by atoms with van der Waals surface area (Å²) in [6.07, 6.45) is 0. The fourth-order valence-corrected chi connectivity index (χ4v) is 2.68. The van der Waals surface area contributed by atoms with E-state index in [0.29, 0.717) is 0 Å². The maximum atomic E-state index is 5.93. The van der Waals surface area contributed by atoms with Gasteiger partial charge in [0.2, 0.25) is 0 Å². The molecule has 120 valence electrons. The fourth-order valence-electron chi connectivity index (χ4n) is 2.68. The van der Waals surface area contributed by atoms with Crippen LogP contribution in [0.5, 0.6) is 0 Å². The highest BCUT2D eigenvalue weighted by Crippen LogP contribution is 2.19. The third-order valence-electron chi connectivity index (χ3n) is 4.38. The Balaban J connectivity index is 1.81. The first-order valence-corrected chi connectivity index (χ1v) is 7.78. The fraction of sp³-hybridized carbons (Fsp3) is 0.750. The predicted octanol–water partition coefficient (Wildman–Crippen LogP) is 1.47. The number of ether oxygens (including phenoxy) is 3. The lowest BCUT2D eigenvalue weighted by Gasteiger charge is -2.36. The molecular formula is C16H28N2O3. The molecule has 0 spiro atoms. The van der Waals surface area contributed by atoms with Crippen LogP contribution in [-0.4, -0.2) is 74.5 Å². The van der Waals surface area contributed by atoms with Gasteiger partial charge in [-0.1, -0.05) is 13.2 Å². The van der Waals surface area contributed by atoms with Crippen LogP contribution in [0.2, 0.25) is 0 Å². The van der Waals surface area contributed by atoms with E-state index in [9.17, 15) is 0 Å². The molecule has 2 atom stereocenters. The van der Waals surface area contributed by atoms with Gasteiger partial charge in [0.15, 0.2) is 0 Å². The van der Waals surface area contributed by atoms with Crippen molar-refractivity contribution in [2.75, 3.05) is 52.6 Å². The summed E-state index contributed by atoms with van der Waals surface area (Å²) in [6, 6.07) is 0.366. The van der Waals surface area contributed by atoms with Crippen LogP contribution in [0.4, 0.5) is 0 Å². The normalized spacial score (nSPS) is 24.3. The van der Waals surface area contributed by atoms with E-state index in [4.69, 9.17) is 14.2 Å². The van der Waals surface area contributed by atoms with Crippen LogP contribution >= 0.6 is 0 Å². The summed E-state index contributed by atoms with van der Waals surface area (Å²) in [6.45, 7) is 19.3. The van der Waals surface area contributed by atoms with Gasteiger partial charge in [-0.2, -0.15) is 0 Å². The molecule has 2 aliphatic heterocycles. The zero-order valence-electron chi connectivity index (χ0n) is 13.3. The summed E-state index contributed by atoms with van der Waals surface area (Å²) >= 11 is 0. The molecule has 0 aromatic carbocycles. The van der Waals surface area contributed by atoms with Crippen molar-refractivity contribution < 1.29 is 14.2 Å². The summed E-state index contributed by atoms with van der Waals surface area (Å²) in [5.41, 5.74) is 0. The van der Waals surface area contributed by atoms with E-state index in [-0.39, 0.29) is 12.1 Å². The average Bonchev–Trinajstić information content (AvgIpc) is 2.55. The standard InChI is InChI=1S/C16H28N2O3/c1-13(17-5-9-19-10-6-17)15(3)21-16(4)14(2)18-7-11-20-12-8-18/h13-14H,3-12H2,1-2H3. The first-order valence-electron chi connectivity index (χ1n) is 7.78. The Bertz CT molecular complexity index is 327. The molecule has 2 aliphatic rings. The first-order chi connectivity index (χ1) is 10.1. The molecule has 0 N–H and O–H groups in total. The van der Waals surface area contributed by atoms with Crippen molar-refractivity contribution in [3.05, 3.63) is 24.7 Å². The number of morpholine rings is 2. The monoisotopic (exact) mass is 296 g/mol. The van der Waals surface area contributed by atoms with Gasteiger partial charge in [0.1, 0.15) is 11.5 Å². The topological polar surface area (TPSA) is 34.2 Å². The van der Waals surface area contributed by atoms with Crippen LogP contribution < -0.4 is 0 Å². The number of hydrogen-bond acceptors (Lipinski definition) is 5. The van der Waals surface area contributed by atoms with Gasteiger partial charge in [-0.25, -0.2) is 0 Å². The Morgan fingerprint density at radius 3 is 1.48 bits per heavy atom. The van der Waals surface area contributed by atoms with E-state index >= 15 is 0 Å². The molecule has 2 rings (SSSR count). The lowest BCUT2D eigenvalue weighted by molar-refractivity contribution is 0.00764. The first kappa shape index (κ1) is 16.5. The molecule has 0 aromatic rings. The molecule has 0 radical (unpaired) electrons. The Morgan fingerprint density at radius 1 is 0.810 bits per heavy atom. The zero-order valence-corrected chi connectivity index (χ0v) is 13.3. The van der Waals surface area contributed by atoms with Gasteiger partial charge in [-0.05, 0) is 13.8 Å². The van der Waals surface area contributed by atoms with E-state index < -0.39 is 0 Å². The molecule has 0 aliphatic carbocycles. The van der Waals surface area contributed by atoms with Crippen LogP contribution in [-0.2, 0) is 14.2 Å². The van der Waals surface area contributed by atoms with E-state index in [0.717, 1.165) is 64.1 Å². The smallest absolute Gasteiger partial charge is 0.113 e.